The normalized spacial score (nSPS) is 12.4. The van der Waals surface area contributed by atoms with E-state index in [1.807, 2.05) is 13.8 Å². The topological polar surface area (TPSA) is 66.5 Å². The van der Waals surface area contributed by atoms with Crippen molar-refractivity contribution in [3.05, 3.63) is 18.0 Å². The molecule has 5 heteroatoms. The molecule has 0 bridgehead atoms. The van der Waals surface area contributed by atoms with Gasteiger partial charge in [0.1, 0.15) is 12.3 Å². The number of nitrogen functional groups attached to an aromatic ring is 1. The van der Waals surface area contributed by atoms with Crippen LogP contribution >= 0.6 is 0 Å². The third-order valence-electron chi connectivity index (χ3n) is 2.32. The quantitative estimate of drug-likeness (QED) is 0.768. The molecule has 0 saturated heterocycles. The first-order valence-electron chi connectivity index (χ1n) is 5.24. The minimum absolute atomic E-state index is 0.105. The van der Waals surface area contributed by atoms with Crippen molar-refractivity contribution in [2.45, 2.75) is 26.5 Å². The van der Waals surface area contributed by atoms with Gasteiger partial charge in [-0.25, -0.2) is 4.79 Å². The van der Waals surface area contributed by atoms with Crippen LogP contribution in [-0.4, -0.2) is 30.4 Å². The third kappa shape index (κ3) is 3.00. The molecule has 5 nitrogen and oxygen atoms in total. The second-order valence-corrected chi connectivity index (χ2v) is 3.59. The van der Waals surface area contributed by atoms with Crippen LogP contribution in [0.3, 0.4) is 0 Å². The molecule has 1 rings (SSSR count). The van der Waals surface area contributed by atoms with E-state index in [1.165, 1.54) is 0 Å². The first-order valence-corrected chi connectivity index (χ1v) is 5.24. The summed E-state index contributed by atoms with van der Waals surface area (Å²) in [5, 5.41) is 0. The minimum atomic E-state index is -0.373. The van der Waals surface area contributed by atoms with Gasteiger partial charge < -0.3 is 19.8 Å². The Kier molecular flexibility index (Phi) is 4.37. The summed E-state index contributed by atoms with van der Waals surface area (Å²) in [6.45, 7) is 4.69. The monoisotopic (exact) mass is 226 g/mol. The molecule has 90 valence electrons. The number of ether oxygens (including phenoxy) is 2. The molecular weight excluding hydrogens is 208 g/mol. The van der Waals surface area contributed by atoms with Crippen molar-refractivity contribution in [2.24, 2.45) is 0 Å². The van der Waals surface area contributed by atoms with Crippen LogP contribution < -0.4 is 5.73 Å². The zero-order valence-electron chi connectivity index (χ0n) is 9.90. The van der Waals surface area contributed by atoms with E-state index in [1.54, 1.807) is 23.9 Å². The van der Waals surface area contributed by atoms with Gasteiger partial charge in [-0.15, -0.1) is 0 Å². The predicted molar refractivity (Wildman–Crippen MR) is 61.3 cm³/mol. The minimum Gasteiger partial charge on any atom is -0.458 e. The van der Waals surface area contributed by atoms with Gasteiger partial charge in [0.15, 0.2) is 0 Å². The standard InChI is InChI=1S/C11H18N2O3/c1-4-13-6-9(12)5-10(13)11(14)16-7-8(2)15-3/h5-6,8H,4,7,12H2,1-3H3. The molecule has 0 amide bonds. The Balaban J connectivity index is 2.65. The lowest BCUT2D eigenvalue weighted by Gasteiger charge is -2.10. The Morgan fingerprint density at radius 3 is 2.88 bits per heavy atom. The number of anilines is 1. The Hall–Kier alpha value is -1.49. The number of aryl methyl sites for hydroxylation is 1. The number of nitrogens with two attached hydrogens (primary N) is 1. The maximum Gasteiger partial charge on any atom is 0.355 e. The first-order chi connectivity index (χ1) is 7.58. The molecule has 0 spiro atoms. The van der Waals surface area contributed by atoms with Crippen LogP contribution in [0.4, 0.5) is 5.69 Å². The number of hydrogen-bond donors (Lipinski definition) is 1. The van der Waals surface area contributed by atoms with E-state index in [2.05, 4.69) is 0 Å². The molecule has 0 fully saturated rings. The van der Waals surface area contributed by atoms with E-state index >= 15 is 0 Å². The van der Waals surface area contributed by atoms with Crippen molar-refractivity contribution in [3.63, 3.8) is 0 Å². The van der Waals surface area contributed by atoms with Gasteiger partial charge in [0.05, 0.1) is 11.8 Å². The summed E-state index contributed by atoms with van der Waals surface area (Å²) in [5.74, 6) is -0.373. The van der Waals surface area contributed by atoms with Crippen molar-refractivity contribution in [3.8, 4) is 0 Å². The first kappa shape index (κ1) is 12.6. The smallest absolute Gasteiger partial charge is 0.355 e. The summed E-state index contributed by atoms with van der Waals surface area (Å²) in [4.78, 5) is 11.7. The summed E-state index contributed by atoms with van der Waals surface area (Å²) in [5.41, 5.74) is 6.66. The van der Waals surface area contributed by atoms with Gasteiger partial charge in [-0.2, -0.15) is 0 Å². The van der Waals surface area contributed by atoms with E-state index in [0.29, 0.717) is 17.9 Å². The number of esters is 1. The summed E-state index contributed by atoms with van der Waals surface area (Å²) >= 11 is 0. The Morgan fingerprint density at radius 1 is 1.62 bits per heavy atom. The highest BCUT2D eigenvalue weighted by Crippen LogP contribution is 2.12. The molecule has 0 aliphatic carbocycles. The largest absolute Gasteiger partial charge is 0.458 e. The number of nitrogens with zero attached hydrogens (tertiary/aromatic N) is 1. The van der Waals surface area contributed by atoms with Gasteiger partial charge in [-0.3, -0.25) is 0 Å². The van der Waals surface area contributed by atoms with Crippen LogP contribution in [-0.2, 0) is 16.0 Å². The van der Waals surface area contributed by atoms with Gasteiger partial charge in [-0.1, -0.05) is 0 Å². The highest BCUT2D eigenvalue weighted by atomic mass is 16.6. The van der Waals surface area contributed by atoms with Crippen LogP contribution in [0.2, 0.25) is 0 Å². The van der Waals surface area contributed by atoms with Crippen molar-refractivity contribution in [1.29, 1.82) is 0 Å². The van der Waals surface area contributed by atoms with Gasteiger partial charge in [0, 0.05) is 19.9 Å². The van der Waals surface area contributed by atoms with E-state index in [0.717, 1.165) is 0 Å². The molecule has 0 saturated carbocycles. The van der Waals surface area contributed by atoms with E-state index in [-0.39, 0.29) is 18.7 Å². The van der Waals surface area contributed by atoms with E-state index in [4.69, 9.17) is 15.2 Å². The Morgan fingerprint density at radius 2 is 2.31 bits per heavy atom. The Bertz CT molecular complexity index is 360. The van der Waals surface area contributed by atoms with Crippen molar-refractivity contribution in [2.75, 3.05) is 19.5 Å². The maximum atomic E-state index is 11.7. The molecule has 1 heterocycles. The van der Waals surface area contributed by atoms with Crippen molar-refractivity contribution in [1.82, 2.24) is 4.57 Å². The lowest BCUT2D eigenvalue weighted by atomic mass is 10.4. The molecule has 0 aliphatic rings. The number of carbonyl (C=O) groups excluding carboxylic acids is 1. The number of aromatic nitrogens is 1. The molecule has 0 aliphatic heterocycles. The van der Waals surface area contributed by atoms with Crippen LogP contribution in [0, 0.1) is 0 Å². The molecule has 0 radical (unpaired) electrons. The zero-order chi connectivity index (χ0) is 12.1. The SMILES string of the molecule is CCn1cc(N)cc1C(=O)OCC(C)OC. The van der Waals surface area contributed by atoms with Gasteiger partial charge >= 0.3 is 5.97 Å². The van der Waals surface area contributed by atoms with Crippen molar-refractivity contribution < 1.29 is 14.3 Å². The van der Waals surface area contributed by atoms with Crippen molar-refractivity contribution >= 4 is 11.7 Å². The lowest BCUT2D eigenvalue weighted by molar-refractivity contribution is 0.0160. The van der Waals surface area contributed by atoms with E-state index < -0.39 is 0 Å². The molecule has 1 atom stereocenters. The number of methoxy groups -OCH3 is 1. The summed E-state index contributed by atoms with van der Waals surface area (Å²) in [7, 11) is 1.57. The molecule has 0 aromatic carbocycles. The fourth-order valence-electron chi connectivity index (χ4n) is 1.30. The highest BCUT2D eigenvalue weighted by molar-refractivity contribution is 5.89. The van der Waals surface area contributed by atoms with Crippen LogP contribution in [0.5, 0.6) is 0 Å². The van der Waals surface area contributed by atoms with Crippen LogP contribution in [0.15, 0.2) is 12.3 Å². The molecular formula is C11H18N2O3. The fourth-order valence-corrected chi connectivity index (χ4v) is 1.30. The predicted octanol–water partition coefficient (Wildman–Crippen LogP) is 1.28. The summed E-state index contributed by atoms with van der Waals surface area (Å²) < 4.78 is 11.8. The van der Waals surface area contributed by atoms with Gasteiger partial charge in [-0.05, 0) is 19.9 Å². The van der Waals surface area contributed by atoms with Crippen LogP contribution in [0.1, 0.15) is 24.3 Å². The summed E-state index contributed by atoms with van der Waals surface area (Å²) in [6.07, 6.45) is 1.61. The average molecular weight is 226 g/mol. The zero-order valence-corrected chi connectivity index (χ0v) is 9.90. The molecule has 2 N–H and O–H groups in total. The van der Waals surface area contributed by atoms with Gasteiger partial charge in [0.2, 0.25) is 0 Å². The molecule has 1 aromatic rings. The number of carbonyl (C=O) groups is 1. The average Bonchev–Trinajstić information content (AvgIpc) is 2.66. The maximum absolute atomic E-state index is 11.7. The Labute approximate surface area is 95.1 Å². The lowest BCUT2D eigenvalue weighted by Crippen LogP contribution is -2.19. The summed E-state index contributed by atoms with van der Waals surface area (Å²) in [6, 6.07) is 1.61. The number of rotatable bonds is 5. The molecule has 1 aromatic heterocycles. The highest BCUT2D eigenvalue weighted by Gasteiger charge is 2.14. The fraction of sp³-hybridized carbons (Fsp3) is 0.545. The second kappa shape index (κ2) is 5.55. The molecule has 16 heavy (non-hydrogen) atoms. The number of hydrogen-bond acceptors (Lipinski definition) is 4. The third-order valence-corrected chi connectivity index (χ3v) is 2.32. The van der Waals surface area contributed by atoms with E-state index in [9.17, 15) is 4.79 Å². The van der Waals surface area contributed by atoms with Crippen LogP contribution in [0.25, 0.3) is 0 Å². The van der Waals surface area contributed by atoms with Gasteiger partial charge in [0.25, 0.3) is 0 Å². The molecule has 1 unspecified atom stereocenters. The second-order valence-electron chi connectivity index (χ2n) is 3.59.